The van der Waals surface area contributed by atoms with Crippen molar-refractivity contribution in [3.63, 3.8) is 0 Å². The molecule has 0 fully saturated rings. The zero-order valence-corrected chi connectivity index (χ0v) is 18.3. The Bertz CT molecular complexity index is 1250. The number of allylic oxidation sites excluding steroid dienone is 4. The van der Waals surface area contributed by atoms with Crippen LogP contribution in [0.5, 0.6) is 0 Å². The molecule has 0 heterocycles. The maximum absolute atomic E-state index is 3.65. The molecule has 0 aliphatic heterocycles. The van der Waals surface area contributed by atoms with Crippen molar-refractivity contribution < 1.29 is 0 Å². The van der Waals surface area contributed by atoms with E-state index in [2.05, 4.69) is 140 Å². The van der Waals surface area contributed by atoms with Gasteiger partial charge in [0.05, 0.1) is 0 Å². The second kappa shape index (κ2) is 8.72. The van der Waals surface area contributed by atoms with Crippen molar-refractivity contribution in [1.29, 1.82) is 0 Å². The van der Waals surface area contributed by atoms with Crippen LogP contribution in [0.25, 0.3) is 22.3 Å². The molecular formula is C31H27N. The summed E-state index contributed by atoms with van der Waals surface area (Å²) in [6.45, 7) is 2.32. The van der Waals surface area contributed by atoms with Crippen LogP contribution < -0.4 is 5.32 Å². The van der Waals surface area contributed by atoms with Gasteiger partial charge in [-0.3, -0.25) is 0 Å². The Morgan fingerprint density at radius 3 is 1.84 bits per heavy atom. The first-order chi connectivity index (χ1) is 15.7. The lowest BCUT2D eigenvalue weighted by molar-refractivity contribution is 0.600. The van der Waals surface area contributed by atoms with Gasteiger partial charge in [0.1, 0.15) is 0 Å². The summed E-state index contributed by atoms with van der Waals surface area (Å²) in [5.41, 5.74) is 8.43. The van der Waals surface area contributed by atoms with Crippen molar-refractivity contribution in [2.75, 3.05) is 5.32 Å². The Balaban J connectivity index is 1.50. The summed E-state index contributed by atoms with van der Waals surface area (Å²) < 4.78 is 0. The van der Waals surface area contributed by atoms with E-state index in [0.717, 1.165) is 17.8 Å². The van der Waals surface area contributed by atoms with Crippen molar-refractivity contribution in [1.82, 2.24) is 0 Å². The van der Waals surface area contributed by atoms with Crippen LogP contribution in [0.2, 0.25) is 0 Å². The fraction of sp³-hybridized carbons (Fsp3) is 0.0968. The topological polar surface area (TPSA) is 12.0 Å². The molecule has 0 aromatic heterocycles. The Morgan fingerprint density at radius 2 is 1.22 bits per heavy atom. The molecule has 1 N–H and O–H groups in total. The molecule has 0 spiro atoms. The molecule has 0 amide bonds. The molecule has 5 rings (SSSR count). The number of anilines is 2. The van der Waals surface area contributed by atoms with Gasteiger partial charge >= 0.3 is 0 Å². The van der Waals surface area contributed by atoms with Gasteiger partial charge in [0.25, 0.3) is 0 Å². The highest BCUT2D eigenvalue weighted by atomic mass is 14.9. The largest absolute Gasteiger partial charge is 0.356 e. The number of hydrogen-bond donors (Lipinski definition) is 1. The monoisotopic (exact) mass is 413 g/mol. The van der Waals surface area contributed by atoms with E-state index < -0.39 is 0 Å². The van der Waals surface area contributed by atoms with Crippen molar-refractivity contribution in [3.8, 4) is 22.3 Å². The van der Waals surface area contributed by atoms with E-state index in [1.807, 2.05) is 0 Å². The molecule has 1 aliphatic carbocycles. The predicted molar refractivity (Wildman–Crippen MR) is 137 cm³/mol. The number of nitrogens with one attached hydrogen (secondary N) is 1. The molecule has 4 aromatic rings. The Kier molecular flexibility index (Phi) is 5.47. The molecule has 1 aliphatic rings. The van der Waals surface area contributed by atoms with Crippen LogP contribution in [-0.2, 0) is 5.41 Å². The van der Waals surface area contributed by atoms with E-state index in [-0.39, 0.29) is 5.41 Å². The summed E-state index contributed by atoms with van der Waals surface area (Å²) in [5, 5.41) is 3.65. The Hall–Kier alpha value is -3.84. The summed E-state index contributed by atoms with van der Waals surface area (Å²) in [4.78, 5) is 0. The van der Waals surface area contributed by atoms with Crippen molar-refractivity contribution in [2.24, 2.45) is 0 Å². The highest BCUT2D eigenvalue weighted by Gasteiger charge is 2.24. The van der Waals surface area contributed by atoms with Gasteiger partial charge in [-0.25, -0.2) is 0 Å². The predicted octanol–water partition coefficient (Wildman–Crippen LogP) is 8.54. The maximum Gasteiger partial charge on any atom is 0.0393 e. The summed E-state index contributed by atoms with van der Waals surface area (Å²) in [5.74, 6) is 0. The van der Waals surface area contributed by atoms with Crippen molar-refractivity contribution in [3.05, 3.63) is 133 Å². The second-order valence-corrected chi connectivity index (χ2v) is 8.64. The molecular weight excluding hydrogens is 386 g/mol. The van der Waals surface area contributed by atoms with E-state index in [1.54, 1.807) is 0 Å². The highest BCUT2D eigenvalue weighted by molar-refractivity contribution is 5.74. The molecule has 0 radical (unpaired) electrons. The van der Waals surface area contributed by atoms with Crippen LogP contribution in [0.1, 0.15) is 18.9 Å². The molecule has 156 valence electrons. The van der Waals surface area contributed by atoms with Gasteiger partial charge in [0.2, 0.25) is 0 Å². The van der Waals surface area contributed by atoms with E-state index in [9.17, 15) is 0 Å². The molecule has 0 bridgehead atoms. The first-order valence-electron chi connectivity index (χ1n) is 11.2. The molecule has 1 atom stereocenters. The minimum absolute atomic E-state index is 0.00681. The smallest absolute Gasteiger partial charge is 0.0393 e. The quantitative estimate of drug-likeness (QED) is 0.346. The molecule has 32 heavy (non-hydrogen) atoms. The number of hydrogen-bond acceptors (Lipinski definition) is 1. The summed E-state index contributed by atoms with van der Waals surface area (Å²) in [6, 6.07) is 36.6. The average Bonchev–Trinajstić information content (AvgIpc) is 2.86. The van der Waals surface area contributed by atoms with Gasteiger partial charge in [-0.1, -0.05) is 110 Å². The van der Waals surface area contributed by atoms with Crippen LogP contribution in [0.4, 0.5) is 11.4 Å². The third-order valence-corrected chi connectivity index (χ3v) is 6.23. The van der Waals surface area contributed by atoms with Gasteiger partial charge in [-0.15, -0.1) is 0 Å². The molecule has 0 saturated heterocycles. The number of benzene rings is 4. The van der Waals surface area contributed by atoms with Gasteiger partial charge in [0.15, 0.2) is 0 Å². The molecule has 1 heteroatoms. The SMILES string of the molecule is CC1(c2cc(Nc3ccc(-c4ccccc4)cc3)cc(-c3ccccc3)c2)C=CC=CC1. The first-order valence-corrected chi connectivity index (χ1v) is 11.2. The lowest BCUT2D eigenvalue weighted by atomic mass is 9.76. The summed E-state index contributed by atoms with van der Waals surface area (Å²) in [7, 11) is 0. The fourth-order valence-corrected chi connectivity index (χ4v) is 4.31. The molecule has 1 nitrogen and oxygen atoms in total. The van der Waals surface area contributed by atoms with Crippen molar-refractivity contribution >= 4 is 11.4 Å². The average molecular weight is 414 g/mol. The molecule has 4 aromatic carbocycles. The third-order valence-electron chi connectivity index (χ3n) is 6.23. The standard InChI is InChI=1S/C31H27N/c1-31(19-9-4-10-20-31)28-21-27(25-13-7-3-8-14-25)22-30(23-28)32-29-17-15-26(16-18-29)24-11-5-2-6-12-24/h2-19,21-23,32H,20H2,1H3. The Labute approximate surface area is 190 Å². The zero-order chi connectivity index (χ0) is 21.8. The molecule has 0 saturated carbocycles. The zero-order valence-electron chi connectivity index (χ0n) is 18.3. The van der Waals surface area contributed by atoms with Crippen LogP contribution >= 0.6 is 0 Å². The van der Waals surface area contributed by atoms with Crippen LogP contribution in [0, 0.1) is 0 Å². The summed E-state index contributed by atoms with van der Waals surface area (Å²) >= 11 is 0. The molecule has 1 unspecified atom stereocenters. The van der Waals surface area contributed by atoms with Gasteiger partial charge in [-0.05, 0) is 58.5 Å². The van der Waals surface area contributed by atoms with Crippen LogP contribution in [0.15, 0.2) is 127 Å². The van der Waals surface area contributed by atoms with Gasteiger partial charge < -0.3 is 5.32 Å². The lowest BCUT2D eigenvalue weighted by Gasteiger charge is -2.28. The van der Waals surface area contributed by atoms with Crippen LogP contribution in [0.3, 0.4) is 0 Å². The van der Waals surface area contributed by atoms with E-state index in [0.29, 0.717) is 0 Å². The fourth-order valence-electron chi connectivity index (χ4n) is 4.31. The maximum atomic E-state index is 3.65. The van der Waals surface area contributed by atoms with Gasteiger partial charge in [0, 0.05) is 16.8 Å². The lowest BCUT2D eigenvalue weighted by Crippen LogP contribution is -2.19. The number of rotatable bonds is 5. The van der Waals surface area contributed by atoms with E-state index in [1.165, 1.54) is 27.8 Å². The van der Waals surface area contributed by atoms with E-state index >= 15 is 0 Å². The normalized spacial score (nSPS) is 17.3. The van der Waals surface area contributed by atoms with Crippen molar-refractivity contribution in [2.45, 2.75) is 18.8 Å². The van der Waals surface area contributed by atoms with Gasteiger partial charge in [-0.2, -0.15) is 0 Å². The van der Waals surface area contributed by atoms with E-state index in [4.69, 9.17) is 0 Å². The Morgan fingerprint density at radius 1 is 0.594 bits per heavy atom. The third kappa shape index (κ3) is 4.29. The summed E-state index contributed by atoms with van der Waals surface area (Å²) in [6.07, 6.45) is 9.87. The van der Waals surface area contributed by atoms with Crippen LogP contribution in [-0.4, -0.2) is 0 Å². The highest BCUT2D eigenvalue weighted by Crippen LogP contribution is 2.37. The minimum Gasteiger partial charge on any atom is -0.356 e. The second-order valence-electron chi connectivity index (χ2n) is 8.64. The minimum atomic E-state index is -0.00681. The first kappa shape index (κ1) is 20.1.